The fourth-order valence-electron chi connectivity index (χ4n) is 9.24. The number of likely N-dealkylation sites (N-methyl/N-ethyl adjacent to an activating group) is 3. The predicted octanol–water partition coefficient (Wildman–Crippen LogP) is -1.78. The third-order valence-electron chi connectivity index (χ3n) is 14.0. The Kier molecular flexibility index (Phi) is 27.3. The predicted molar refractivity (Wildman–Crippen MR) is 293 cm³/mol. The number of nitrogens with zero attached hydrogens (tertiary/aromatic N) is 12. The summed E-state index contributed by atoms with van der Waals surface area (Å²) < 4.78 is 1.57. The summed E-state index contributed by atoms with van der Waals surface area (Å²) in [6, 6.07) is 10.4. The van der Waals surface area contributed by atoms with Crippen LogP contribution in [0.4, 0.5) is 0 Å². The van der Waals surface area contributed by atoms with E-state index in [0.29, 0.717) is 56.1 Å². The number of rotatable bonds is 24. The van der Waals surface area contributed by atoms with Crippen LogP contribution >= 0.6 is 0 Å². The molecule has 5 rings (SSSR count). The number of aromatic hydroxyl groups is 2. The average Bonchev–Trinajstić information content (AvgIpc) is 3.84. The number of phenols is 2. The zero-order chi connectivity index (χ0) is 59.5. The van der Waals surface area contributed by atoms with Crippen molar-refractivity contribution in [3.05, 3.63) is 53.3 Å². The summed E-state index contributed by atoms with van der Waals surface area (Å²) in [5.74, 6) is -6.01. The summed E-state index contributed by atoms with van der Waals surface area (Å²) in [5, 5.41) is 63.7. The Hall–Kier alpha value is -6.56. The van der Waals surface area contributed by atoms with Gasteiger partial charge < -0.3 is 55.8 Å². The number of carboxylic acid groups (broad SMARTS) is 3. The van der Waals surface area contributed by atoms with E-state index in [1.807, 2.05) is 38.1 Å². The fraction of sp³-hybridized carbons (Fsp3) is 0.566. The van der Waals surface area contributed by atoms with Gasteiger partial charge in [0.15, 0.2) is 5.82 Å². The summed E-state index contributed by atoms with van der Waals surface area (Å²) >= 11 is 0. The van der Waals surface area contributed by atoms with Crippen LogP contribution in [0.25, 0.3) is 17.1 Å². The molecule has 0 bridgehead atoms. The molecule has 0 saturated carbocycles. The molecule has 0 unspecified atom stereocenters. The van der Waals surface area contributed by atoms with Crippen LogP contribution in [0.3, 0.4) is 0 Å². The number of carbonyl (C=O) groups excluding carboxylic acids is 6. The van der Waals surface area contributed by atoms with Gasteiger partial charge in [0.05, 0.1) is 51.4 Å². The molecule has 29 heteroatoms. The standard InChI is InChI=1S/C53H78N14O14.Lu/c1-7-54-53(81)52-57-56-51(40-26-39(36(2)3)41(68)27-42(40)69)67(52)38-10-8-37(9-11-38)28-61-22-24-66(25-23-61)44(71)12-13-55-43(70)29-58(4)45(72)30-59(5)46(73)31-60(6)47(74)32-62-14-16-63(33-48(75)76)18-20-65(35-50(79)80)21-19-64(17-15-62)34-49(77)78;/h8-11,26-27,36,68-69H,7,12-25,28-35H2,1-6H3,(H,54,81)(H,55,70)(H,75,76)(H,77,78)(H,79,80);. The van der Waals surface area contributed by atoms with E-state index < -0.39 is 54.0 Å². The zero-order valence-corrected chi connectivity index (χ0v) is 49.0. The molecule has 7 N–H and O–H groups in total. The van der Waals surface area contributed by atoms with Gasteiger partial charge in [-0.3, -0.25) is 72.2 Å². The van der Waals surface area contributed by atoms with Gasteiger partial charge in [-0.1, -0.05) is 26.0 Å². The van der Waals surface area contributed by atoms with Crippen LogP contribution in [0.2, 0.25) is 0 Å². The Bertz CT molecular complexity index is 2670. The van der Waals surface area contributed by atoms with Crippen molar-refractivity contribution in [2.75, 3.05) is 159 Å². The molecule has 82 heavy (non-hydrogen) atoms. The fourth-order valence-corrected chi connectivity index (χ4v) is 9.24. The van der Waals surface area contributed by atoms with Crippen molar-refractivity contribution in [2.45, 2.75) is 39.7 Å². The minimum absolute atomic E-state index is 0. The van der Waals surface area contributed by atoms with Gasteiger partial charge in [-0.15, -0.1) is 10.2 Å². The summed E-state index contributed by atoms with van der Waals surface area (Å²) in [5.41, 5.74) is 2.45. The van der Waals surface area contributed by atoms with E-state index in [4.69, 9.17) is 0 Å². The second-order valence-corrected chi connectivity index (χ2v) is 20.6. The van der Waals surface area contributed by atoms with Crippen molar-refractivity contribution < 1.29 is 106 Å². The van der Waals surface area contributed by atoms with Gasteiger partial charge in [-0.05, 0) is 42.2 Å². The molecule has 1 aromatic heterocycles. The molecule has 0 atom stereocenters. The molecule has 0 aliphatic carbocycles. The quantitative estimate of drug-likeness (QED) is 0.0521. The van der Waals surface area contributed by atoms with Crippen LogP contribution < -0.4 is 10.6 Å². The number of carbonyl (C=O) groups is 9. The summed E-state index contributed by atoms with van der Waals surface area (Å²) in [4.78, 5) is 128. The monoisotopic (exact) mass is 1310 g/mol. The SMILES string of the molecule is CCNC(=O)c1nnc(-c2cc(C(C)C)c(O)cc2O)n1-c1ccc(CN2CCN(C(=O)CCNC(=O)CN(C)C(=O)CN(C)C(=O)CN(C)C(=O)CN3CCN(CC(=O)O)CCN(CC(=O)O)CCN(CC(=O)O)CC3)CC2)cc1.[Lu]. The molecule has 2 aliphatic heterocycles. The van der Waals surface area contributed by atoms with E-state index in [9.17, 15) is 68.7 Å². The first-order chi connectivity index (χ1) is 38.4. The van der Waals surface area contributed by atoms with Crippen LogP contribution in [-0.2, 0) is 44.9 Å². The molecule has 1 radical (unpaired) electrons. The summed E-state index contributed by atoms with van der Waals surface area (Å²) in [7, 11) is 4.21. The van der Waals surface area contributed by atoms with Gasteiger partial charge in [0.1, 0.15) is 11.5 Å². The summed E-state index contributed by atoms with van der Waals surface area (Å²) in [6.45, 7) is 8.14. The van der Waals surface area contributed by atoms with E-state index in [0.717, 1.165) is 15.4 Å². The molecule has 0 spiro atoms. The molecule has 2 saturated heterocycles. The minimum atomic E-state index is -1.08. The molecule has 459 valence electrons. The molecular formula is C53H78LuN14O14. The maximum atomic E-state index is 13.5. The Morgan fingerprint density at radius 2 is 1.05 bits per heavy atom. The number of hydrogen-bond acceptors (Lipinski definition) is 18. The number of aliphatic carboxylic acids is 3. The number of amides is 6. The third-order valence-corrected chi connectivity index (χ3v) is 14.0. The van der Waals surface area contributed by atoms with Crippen molar-refractivity contribution >= 4 is 53.4 Å². The number of aromatic nitrogens is 3. The number of nitrogens with one attached hydrogen (secondary N) is 2. The second kappa shape index (κ2) is 32.9. The van der Waals surface area contributed by atoms with E-state index in [1.54, 1.807) is 42.1 Å². The Balaban J connectivity index is 0.0000144. The smallest absolute Gasteiger partial charge is 0.317 e. The molecule has 6 amide bonds. The number of benzene rings is 2. The Morgan fingerprint density at radius 1 is 0.585 bits per heavy atom. The van der Waals surface area contributed by atoms with Crippen molar-refractivity contribution in [2.24, 2.45) is 0 Å². The van der Waals surface area contributed by atoms with Crippen LogP contribution in [0.1, 0.15) is 54.9 Å². The van der Waals surface area contributed by atoms with Crippen molar-refractivity contribution in [3.8, 4) is 28.6 Å². The van der Waals surface area contributed by atoms with Crippen LogP contribution in [0.15, 0.2) is 36.4 Å². The molecule has 2 aromatic carbocycles. The van der Waals surface area contributed by atoms with E-state index in [1.165, 1.54) is 32.1 Å². The van der Waals surface area contributed by atoms with Crippen molar-refractivity contribution in [1.82, 2.24) is 69.5 Å². The van der Waals surface area contributed by atoms with Crippen molar-refractivity contribution in [3.63, 3.8) is 0 Å². The van der Waals surface area contributed by atoms with Gasteiger partial charge >= 0.3 is 17.9 Å². The number of hydrogen-bond donors (Lipinski definition) is 7. The van der Waals surface area contributed by atoms with E-state index in [-0.39, 0.29) is 176 Å². The second-order valence-electron chi connectivity index (χ2n) is 20.6. The zero-order valence-electron chi connectivity index (χ0n) is 47.3. The van der Waals surface area contributed by atoms with Gasteiger partial charge in [-0.2, -0.15) is 0 Å². The number of phenolic OH excluding ortho intramolecular Hbond substituents is 2. The normalized spacial score (nSPS) is 15.3. The molecule has 2 aliphatic rings. The van der Waals surface area contributed by atoms with Gasteiger partial charge in [-0.25, -0.2) is 0 Å². The van der Waals surface area contributed by atoms with Crippen LogP contribution in [0, 0.1) is 36.9 Å². The van der Waals surface area contributed by atoms with Gasteiger partial charge in [0.25, 0.3) is 5.91 Å². The molecule has 3 heterocycles. The van der Waals surface area contributed by atoms with Gasteiger partial charge in [0, 0.05) is 174 Å². The Labute approximate surface area is 505 Å². The average molecular weight is 1310 g/mol. The van der Waals surface area contributed by atoms with Gasteiger partial charge in [0.2, 0.25) is 35.4 Å². The number of piperazine rings is 1. The minimum Gasteiger partial charge on any atom is -0.508 e. The van der Waals surface area contributed by atoms with Crippen LogP contribution in [0.5, 0.6) is 11.5 Å². The molecular weight excluding hydrogens is 1230 g/mol. The molecule has 2 fully saturated rings. The van der Waals surface area contributed by atoms with E-state index >= 15 is 0 Å². The van der Waals surface area contributed by atoms with Crippen molar-refractivity contribution in [1.29, 1.82) is 0 Å². The Morgan fingerprint density at radius 3 is 1.52 bits per heavy atom. The first kappa shape index (κ1) is 67.9. The first-order valence-electron chi connectivity index (χ1n) is 26.8. The first-order valence-corrected chi connectivity index (χ1v) is 26.8. The number of carboxylic acids is 3. The topological polar surface area (TPSA) is 339 Å². The molecule has 28 nitrogen and oxygen atoms in total. The summed E-state index contributed by atoms with van der Waals surface area (Å²) in [6.07, 6.45) is 0.0392. The largest absolute Gasteiger partial charge is 0.508 e. The maximum absolute atomic E-state index is 13.5. The third kappa shape index (κ3) is 21.0. The molecule has 3 aromatic rings. The maximum Gasteiger partial charge on any atom is 0.317 e. The van der Waals surface area contributed by atoms with E-state index in [2.05, 4.69) is 25.7 Å². The van der Waals surface area contributed by atoms with Crippen LogP contribution in [-0.4, -0.2) is 296 Å².